The molecule has 0 bridgehead atoms. The van der Waals surface area contributed by atoms with Gasteiger partial charge in [0.25, 0.3) is 0 Å². The molecule has 0 spiro atoms. The van der Waals surface area contributed by atoms with Crippen LogP contribution in [0.25, 0.3) is 11.0 Å². The SMILES string of the molecule is O=C(Nc1ccc2c(c1)OCO2)[C@@H](C1CC=CCC1)N(Cc1cccnc1)C(=O)Cn1nnc2ccccc21. The number of ether oxygens (including phenoxy) is 2. The molecule has 0 saturated heterocycles. The molecule has 4 aromatic rings. The molecule has 1 aliphatic carbocycles. The minimum atomic E-state index is -0.720. The smallest absolute Gasteiger partial charge is 0.247 e. The second-order valence-corrected chi connectivity index (χ2v) is 9.67. The summed E-state index contributed by atoms with van der Waals surface area (Å²) in [6.07, 6.45) is 9.96. The molecule has 1 N–H and O–H groups in total. The number of hydrogen-bond acceptors (Lipinski definition) is 7. The van der Waals surface area contributed by atoms with Crippen LogP contribution in [0.2, 0.25) is 0 Å². The van der Waals surface area contributed by atoms with Crippen molar-refractivity contribution in [3.63, 3.8) is 0 Å². The van der Waals surface area contributed by atoms with Crippen LogP contribution in [0, 0.1) is 5.92 Å². The fourth-order valence-electron chi connectivity index (χ4n) is 5.19. The molecule has 0 fully saturated rings. The molecule has 3 heterocycles. The normalized spacial score (nSPS) is 16.7. The van der Waals surface area contributed by atoms with Gasteiger partial charge in [0.1, 0.15) is 18.1 Å². The second-order valence-electron chi connectivity index (χ2n) is 9.67. The molecule has 0 saturated carbocycles. The molecule has 1 unspecified atom stereocenters. The maximum atomic E-state index is 14.0. The molecule has 0 radical (unpaired) electrons. The summed E-state index contributed by atoms with van der Waals surface area (Å²) in [5.41, 5.74) is 2.88. The zero-order valence-corrected chi connectivity index (χ0v) is 21.3. The van der Waals surface area contributed by atoms with Crippen molar-refractivity contribution in [2.24, 2.45) is 5.92 Å². The molecule has 1 aliphatic heterocycles. The van der Waals surface area contributed by atoms with E-state index in [0.29, 0.717) is 29.1 Å². The van der Waals surface area contributed by atoms with Crippen molar-refractivity contribution < 1.29 is 19.1 Å². The largest absolute Gasteiger partial charge is 0.454 e. The summed E-state index contributed by atoms with van der Waals surface area (Å²) < 4.78 is 12.5. The Balaban J connectivity index is 1.33. The van der Waals surface area contributed by atoms with Crippen molar-refractivity contribution >= 4 is 28.5 Å². The van der Waals surface area contributed by atoms with Crippen molar-refractivity contribution in [2.75, 3.05) is 12.1 Å². The van der Waals surface area contributed by atoms with E-state index < -0.39 is 6.04 Å². The van der Waals surface area contributed by atoms with Crippen LogP contribution >= 0.6 is 0 Å². The first-order valence-electron chi connectivity index (χ1n) is 13.0. The number of anilines is 1. The van der Waals surface area contributed by atoms with Gasteiger partial charge in [-0.1, -0.05) is 35.6 Å². The average Bonchev–Trinajstić information content (AvgIpc) is 3.61. The molecule has 2 aromatic carbocycles. The van der Waals surface area contributed by atoms with E-state index in [1.165, 1.54) is 0 Å². The standard InChI is InChI=1S/C29H28N6O4/c36-27(18-35-24-11-5-4-10-23(24)32-33-35)34(17-20-7-6-14-30-16-20)28(21-8-2-1-3-9-21)29(37)31-22-12-13-25-26(15-22)39-19-38-25/h1-2,4-7,10-16,21,28H,3,8-9,17-19H2,(H,31,37)/t21?,28-/m1/s1. The molecule has 2 atom stereocenters. The zero-order chi connectivity index (χ0) is 26.6. The van der Waals surface area contributed by atoms with Crippen LogP contribution in [0.1, 0.15) is 24.8 Å². The fourth-order valence-corrected chi connectivity index (χ4v) is 5.19. The van der Waals surface area contributed by atoms with Crippen molar-refractivity contribution in [2.45, 2.75) is 38.4 Å². The Morgan fingerprint density at radius 2 is 1.97 bits per heavy atom. The lowest BCUT2D eigenvalue weighted by molar-refractivity contribution is -0.142. The Morgan fingerprint density at radius 3 is 2.82 bits per heavy atom. The third kappa shape index (κ3) is 5.31. The highest BCUT2D eigenvalue weighted by atomic mass is 16.7. The quantitative estimate of drug-likeness (QED) is 0.348. The average molecular weight is 525 g/mol. The second kappa shape index (κ2) is 10.9. The Morgan fingerprint density at radius 1 is 1.08 bits per heavy atom. The molecule has 10 nitrogen and oxygen atoms in total. The number of nitrogens with one attached hydrogen (secondary N) is 1. The number of allylic oxidation sites excluding steroid dienone is 2. The molecular formula is C29H28N6O4. The van der Waals surface area contributed by atoms with Gasteiger partial charge < -0.3 is 19.7 Å². The third-order valence-electron chi connectivity index (χ3n) is 7.10. The molecular weight excluding hydrogens is 496 g/mol. The molecule has 10 heteroatoms. The number of aromatic nitrogens is 4. The van der Waals surface area contributed by atoms with Gasteiger partial charge in [-0.25, -0.2) is 4.68 Å². The maximum absolute atomic E-state index is 14.0. The lowest BCUT2D eigenvalue weighted by Crippen LogP contribution is -2.52. The van der Waals surface area contributed by atoms with Gasteiger partial charge in [-0.3, -0.25) is 14.6 Å². The number of carbonyl (C=O) groups is 2. The molecule has 2 aliphatic rings. The first kappa shape index (κ1) is 24.6. The van der Waals surface area contributed by atoms with Gasteiger partial charge in [0.2, 0.25) is 18.6 Å². The van der Waals surface area contributed by atoms with Crippen molar-refractivity contribution in [1.29, 1.82) is 0 Å². The first-order valence-corrected chi connectivity index (χ1v) is 13.0. The molecule has 6 rings (SSSR count). The van der Waals surface area contributed by atoms with Gasteiger partial charge in [0.05, 0.1) is 5.52 Å². The van der Waals surface area contributed by atoms with Crippen LogP contribution in [0.3, 0.4) is 0 Å². The van der Waals surface area contributed by atoms with Gasteiger partial charge in [-0.2, -0.15) is 0 Å². The number of hydrogen-bond donors (Lipinski definition) is 1. The minimum Gasteiger partial charge on any atom is -0.454 e. The zero-order valence-electron chi connectivity index (χ0n) is 21.3. The van der Waals surface area contributed by atoms with Gasteiger partial charge in [-0.05, 0) is 61.1 Å². The highest BCUT2D eigenvalue weighted by molar-refractivity contribution is 5.98. The summed E-state index contributed by atoms with van der Waals surface area (Å²) in [5.74, 6) is 0.670. The van der Waals surface area contributed by atoms with E-state index in [1.54, 1.807) is 40.2 Å². The van der Waals surface area contributed by atoms with Crippen LogP contribution < -0.4 is 14.8 Å². The highest BCUT2D eigenvalue weighted by Gasteiger charge is 2.37. The van der Waals surface area contributed by atoms with Gasteiger partial charge in [-0.15, -0.1) is 5.10 Å². The lowest BCUT2D eigenvalue weighted by Gasteiger charge is -2.37. The number of carbonyl (C=O) groups excluding carboxylic acids is 2. The highest BCUT2D eigenvalue weighted by Crippen LogP contribution is 2.35. The van der Waals surface area contributed by atoms with Crippen molar-refractivity contribution in [3.8, 4) is 11.5 Å². The molecule has 2 aromatic heterocycles. The van der Waals surface area contributed by atoms with E-state index in [4.69, 9.17) is 9.47 Å². The van der Waals surface area contributed by atoms with Crippen LogP contribution in [0.5, 0.6) is 11.5 Å². The van der Waals surface area contributed by atoms with Crippen molar-refractivity contribution in [1.82, 2.24) is 24.9 Å². The number of pyridine rings is 1. The first-order chi connectivity index (χ1) is 19.2. The Labute approximate surface area is 225 Å². The van der Waals surface area contributed by atoms with E-state index in [9.17, 15) is 9.59 Å². The van der Waals surface area contributed by atoms with E-state index in [0.717, 1.165) is 23.9 Å². The summed E-state index contributed by atoms with van der Waals surface area (Å²) in [4.78, 5) is 33.9. The van der Waals surface area contributed by atoms with Crippen molar-refractivity contribution in [3.05, 3.63) is 84.7 Å². The molecule has 2 amide bonds. The maximum Gasteiger partial charge on any atom is 0.247 e. The van der Waals surface area contributed by atoms with E-state index in [2.05, 4.69) is 32.8 Å². The van der Waals surface area contributed by atoms with Crippen LogP contribution in [-0.4, -0.2) is 49.5 Å². The monoisotopic (exact) mass is 524 g/mol. The Kier molecular flexibility index (Phi) is 6.90. The summed E-state index contributed by atoms with van der Waals surface area (Å²) >= 11 is 0. The summed E-state index contributed by atoms with van der Waals surface area (Å²) in [7, 11) is 0. The molecule has 39 heavy (non-hydrogen) atoms. The van der Waals surface area contributed by atoms with E-state index >= 15 is 0 Å². The number of fused-ring (bicyclic) bond motifs is 2. The van der Waals surface area contributed by atoms with Crippen LogP contribution in [0.15, 0.2) is 79.1 Å². The Bertz CT molecular complexity index is 1520. The number of amides is 2. The summed E-state index contributed by atoms with van der Waals surface area (Å²) in [6, 6.07) is 15.8. The topological polar surface area (TPSA) is 111 Å². The van der Waals surface area contributed by atoms with Gasteiger partial charge in [0, 0.05) is 30.7 Å². The third-order valence-corrected chi connectivity index (χ3v) is 7.10. The summed E-state index contributed by atoms with van der Waals surface area (Å²) in [6.45, 7) is 0.337. The number of rotatable bonds is 8. The van der Waals surface area contributed by atoms with Gasteiger partial charge in [0.15, 0.2) is 11.5 Å². The predicted octanol–water partition coefficient (Wildman–Crippen LogP) is 3.95. The number of para-hydroxylation sites is 1. The van der Waals surface area contributed by atoms with E-state index in [-0.39, 0.29) is 37.6 Å². The van der Waals surface area contributed by atoms with Crippen LogP contribution in [0.4, 0.5) is 5.69 Å². The number of nitrogens with zero attached hydrogens (tertiary/aromatic N) is 5. The minimum absolute atomic E-state index is 0.0445. The number of benzene rings is 2. The Hall–Kier alpha value is -4.73. The lowest BCUT2D eigenvalue weighted by atomic mass is 9.85. The fraction of sp³-hybridized carbons (Fsp3) is 0.276. The predicted molar refractivity (Wildman–Crippen MR) is 144 cm³/mol. The van der Waals surface area contributed by atoms with E-state index in [1.807, 2.05) is 36.4 Å². The van der Waals surface area contributed by atoms with Crippen LogP contribution in [-0.2, 0) is 22.7 Å². The molecule has 198 valence electrons. The summed E-state index contributed by atoms with van der Waals surface area (Å²) in [5, 5.41) is 11.4. The van der Waals surface area contributed by atoms with Gasteiger partial charge >= 0.3 is 0 Å².